The van der Waals surface area contributed by atoms with Gasteiger partial charge in [-0.2, -0.15) is 13.2 Å². The molecule has 1 amide bonds. The molecule has 9 heteroatoms. The standard InChI is InChI=1S/C18H21F4NO4/c19-13-5-7-14(8-6-13)27-15(17(25)26)10-23-16(24)9-11-1-3-12(4-2-11)18(20,21)22/h5-8,11-12,15H,1-4,9-10H2,(H,23,24)(H,25,26). The third-order valence-electron chi connectivity index (χ3n) is 4.64. The van der Waals surface area contributed by atoms with Gasteiger partial charge in [-0.3, -0.25) is 4.79 Å². The number of hydrogen-bond donors (Lipinski definition) is 2. The van der Waals surface area contributed by atoms with Gasteiger partial charge in [-0.25, -0.2) is 9.18 Å². The van der Waals surface area contributed by atoms with Gasteiger partial charge in [0.05, 0.1) is 12.5 Å². The van der Waals surface area contributed by atoms with Gasteiger partial charge in [0.15, 0.2) is 0 Å². The van der Waals surface area contributed by atoms with Gasteiger partial charge < -0.3 is 15.2 Å². The lowest BCUT2D eigenvalue weighted by molar-refractivity contribution is -0.184. The van der Waals surface area contributed by atoms with Crippen LogP contribution in [0.3, 0.4) is 0 Å². The van der Waals surface area contributed by atoms with E-state index in [9.17, 15) is 32.3 Å². The molecule has 0 radical (unpaired) electrons. The molecular weight excluding hydrogens is 370 g/mol. The van der Waals surface area contributed by atoms with Crippen LogP contribution in [0.5, 0.6) is 5.75 Å². The van der Waals surface area contributed by atoms with Crippen LogP contribution in [0.4, 0.5) is 17.6 Å². The fourth-order valence-corrected chi connectivity index (χ4v) is 3.09. The maximum atomic E-state index is 12.9. The van der Waals surface area contributed by atoms with Gasteiger partial charge in [-0.15, -0.1) is 0 Å². The molecule has 1 aliphatic rings. The van der Waals surface area contributed by atoms with Crippen LogP contribution in [0.25, 0.3) is 0 Å². The van der Waals surface area contributed by atoms with Crippen molar-refractivity contribution in [3.8, 4) is 5.75 Å². The number of carbonyl (C=O) groups excluding carboxylic acids is 1. The van der Waals surface area contributed by atoms with Gasteiger partial charge >= 0.3 is 12.1 Å². The average molecular weight is 391 g/mol. The molecule has 1 aromatic rings. The Hall–Kier alpha value is -2.32. The first-order chi connectivity index (χ1) is 12.6. The summed E-state index contributed by atoms with van der Waals surface area (Å²) in [5.41, 5.74) is 0. The molecule has 150 valence electrons. The molecule has 0 spiro atoms. The van der Waals surface area contributed by atoms with E-state index in [1.54, 1.807) is 0 Å². The Balaban J connectivity index is 1.77. The molecule has 1 atom stereocenters. The largest absolute Gasteiger partial charge is 0.478 e. The Morgan fingerprint density at radius 3 is 2.26 bits per heavy atom. The third kappa shape index (κ3) is 6.73. The maximum Gasteiger partial charge on any atom is 0.391 e. The summed E-state index contributed by atoms with van der Waals surface area (Å²) in [6.07, 6.45) is -4.87. The summed E-state index contributed by atoms with van der Waals surface area (Å²) in [6, 6.07) is 4.77. The number of carbonyl (C=O) groups is 2. The van der Waals surface area contributed by atoms with Crippen molar-refractivity contribution in [2.24, 2.45) is 11.8 Å². The summed E-state index contributed by atoms with van der Waals surface area (Å²) in [5, 5.41) is 11.6. The normalized spacial score (nSPS) is 21.3. The van der Waals surface area contributed by atoms with Crippen molar-refractivity contribution < 1.29 is 37.0 Å². The number of carboxylic acids is 1. The van der Waals surface area contributed by atoms with E-state index in [4.69, 9.17) is 4.74 Å². The number of benzene rings is 1. The quantitative estimate of drug-likeness (QED) is 0.698. The lowest BCUT2D eigenvalue weighted by Crippen LogP contribution is -2.41. The van der Waals surface area contributed by atoms with Crippen molar-refractivity contribution in [2.45, 2.75) is 44.4 Å². The fourth-order valence-electron chi connectivity index (χ4n) is 3.09. The molecule has 0 saturated heterocycles. The molecule has 1 fully saturated rings. The summed E-state index contributed by atoms with van der Waals surface area (Å²) in [6.45, 7) is -0.302. The van der Waals surface area contributed by atoms with Crippen molar-refractivity contribution in [1.82, 2.24) is 5.32 Å². The van der Waals surface area contributed by atoms with Crippen LogP contribution in [-0.4, -0.2) is 35.8 Å². The molecule has 0 heterocycles. The molecule has 5 nitrogen and oxygen atoms in total. The van der Waals surface area contributed by atoms with E-state index in [2.05, 4.69) is 5.32 Å². The van der Waals surface area contributed by atoms with Crippen molar-refractivity contribution >= 4 is 11.9 Å². The number of ether oxygens (including phenoxy) is 1. The number of aliphatic carboxylic acids is 1. The van der Waals surface area contributed by atoms with Gasteiger partial charge in [0.2, 0.25) is 12.0 Å². The zero-order valence-corrected chi connectivity index (χ0v) is 14.5. The summed E-state index contributed by atoms with van der Waals surface area (Å²) < 4.78 is 56.0. The SMILES string of the molecule is O=C(CC1CCC(C(F)(F)F)CC1)NCC(Oc1ccc(F)cc1)C(=O)O. The van der Waals surface area contributed by atoms with Crippen LogP contribution < -0.4 is 10.1 Å². The first-order valence-electron chi connectivity index (χ1n) is 8.63. The summed E-state index contributed by atoms with van der Waals surface area (Å²) in [5.74, 6) is -3.54. The van der Waals surface area contributed by atoms with Crippen LogP contribution >= 0.6 is 0 Å². The van der Waals surface area contributed by atoms with Crippen molar-refractivity contribution in [2.75, 3.05) is 6.54 Å². The van der Waals surface area contributed by atoms with Crippen LogP contribution in [0, 0.1) is 17.7 Å². The number of amides is 1. The molecular formula is C18H21F4NO4. The minimum absolute atomic E-state index is 0.00682. The lowest BCUT2D eigenvalue weighted by atomic mass is 9.80. The van der Waals surface area contributed by atoms with Gasteiger partial charge in [-0.05, 0) is 55.9 Å². The number of nitrogens with one attached hydrogen (secondary N) is 1. The second kappa shape index (κ2) is 9.05. The molecule has 1 unspecified atom stereocenters. The van der Waals surface area contributed by atoms with Crippen molar-refractivity contribution in [1.29, 1.82) is 0 Å². The molecule has 0 aliphatic heterocycles. The van der Waals surface area contributed by atoms with Crippen LogP contribution in [-0.2, 0) is 9.59 Å². The van der Waals surface area contributed by atoms with Gasteiger partial charge in [-0.1, -0.05) is 0 Å². The Morgan fingerprint density at radius 1 is 1.15 bits per heavy atom. The number of rotatable bonds is 7. The summed E-state index contributed by atoms with van der Waals surface area (Å²) in [4.78, 5) is 23.2. The van der Waals surface area contributed by atoms with E-state index >= 15 is 0 Å². The predicted molar refractivity (Wildman–Crippen MR) is 87.6 cm³/mol. The fraction of sp³-hybridized carbons (Fsp3) is 0.556. The minimum atomic E-state index is -4.19. The first-order valence-corrected chi connectivity index (χ1v) is 8.63. The molecule has 1 aromatic carbocycles. The van der Waals surface area contributed by atoms with Crippen LogP contribution in [0.2, 0.25) is 0 Å². The second-order valence-corrected chi connectivity index (χ2v) is 6.67. The minimum Gasteiger partial charge on any atom is -0.478 e. The molecule has 0 bridgehead atoms. The highest BCUT2D eigenvalue weighted by molar-refractivity contribution is 5.78. The van der Waals surface area contributed by atoms with E-state index in [-0.39, 0.29) is 37.5 Å². The summed E-state index contributed by atoms with van der Waals surface area (Å²) >= 11 is 0. The zero-order valence-electron chi connectivity index (χ0n) is 14.5. The zero-order chi connectivity index (χ0) is 20.0. The van der Waals surface area contributed by atoms with E-state index in [0.29, 0.717) is 12.8 Å². The van der Waals surface area contributed by atoms with E-state index < -0.39 is 35.9 Å². The Labute approximate surface area is 153 Å². The number of carboxylic acid groups (broad SMARTS) is 1. The highest BCUT2D eigenvalue weighted by Crippen LogP contribution is 2.40. The van der Waals surface area contributed by atoms with Crippen LogP contribution in [0.1, 0.15) is 32.1 Å². The van der Waals surface area contributed by atoms with Gasteiger partial charge in [0.25, 0.3) is 0 Å². The summed E-state index contributed by atoms with van der Waals surface area (Å²) in [7, 11) is 0. The Bertz CT molecular complexity index is 640. The highest BCUT2D eigenvalue weighted by atomic mass is 19.4. The second-order valence-electron chi connectivity index (χ2n) is 6.67. The van der Waals surface area contributed by atoms with Gasteiger partial charge in [0, 0.05) is 6.42 Å². The van der Waals surface area contributed by atoms with Crippen molar-refractivity contribution in [3.05, 3.63) is 30.1 Å². The van der Waals surface area contributed by atoms with E-state index in [1.165, 1.54) is 12.1 Å². The average Bonchev–Trinajstić information content (AvgIpc) is 2.59. The Morgan fingerprint density at radius 2 is 1.74 bits per heavy atom. The first kappa shape index (κ1) is 21.0. The molecule has 1 saturated carbocycles. The smallest absolute Gasteiger partial charge is 0.391 e. The topological polar surface area (TPSA) is 75.6 Å². The number of hydrogen-bond acceptors (Lipinski definition) is 3. The van der Waals surface area contributed by atoms with Gasteiger partial charge in [0.1, 0.15) is 11.6 Å². The number of alkyl halides is 3. The van der Waals surface area contributed by atoms with E-state index in [1.807, 2.05) is 0 Å². The molecule has 0 aromatic heterocycles. The molecule has 27 heavy (non-hydrogen) atoms. The lowest BCUT2D eigenvalue weighted by Gasteiger charge is -2.29. The molecule has 2 rings (SSSR count). The molecule has 2 N–H and O–H groups in total. The van der Waals surface area contributed by atoms with Crippen molar-refractivity contribution in [3.63, 3.8) is 0 Å². The van der Waals surface area contributed by atoms with Crippen LogP contribution in [0.15, 0.2) is 24.3 Å². The highest BCUT2D eigenvalue weighted by Gasteiger charge is 2.41. The maximum absolute atomic E-state index is 12.9. The third-order valence-corrected chi connectivity index (χ3v) is 4.64. The van der Waals surface area contributed by atoms with E-state index in [0.717, 1.165) is 12.1 Å². The predicted octanol–water partition coefficient (Wildman–Crippen LogP) is 3.53. The monoisotopic (exact) mass is 391 g/mol. The molecule has 1 aliphatic carbocycles. The number of halogens is 4. The Kier molecular flexibility index (Phi) is 7.04.